The summed E-state index contributed by atoms with van der Waals surface area (Å²) in [4.78, 5) is 15.0. The topological polar surface area (TPSA) is 72.4 Å². The standard InChI is InChI=1S/C11H19N5O2S/c1-17-11-14-9(12-3-8-19-2)13-10(15-11)16-4-6-18-7-5-16/h3-8H2,1-2H3,(H,12,13,14,15). The van der Waals surface area contributed by atoms with Crippen LogP contribution in [0.15, 0.2) is 0 Å². The van der Waals surface area contributed by atoms with E-state index >= 15 is 0 Å². The van der Waals surface area contributed by atoms with Gasteiger partial charge in [0.15, 0.2) is 0 Å². The molecule has 1 aliphatic rings. The third-order valence-electron chi connectivity index (χ3n) is 2.67. The van der Waals surface area contributed by atoms with Gasteiger partial charge in [0.2, 0.25) is 11.9 Å². The minimum absolute atomic E-state index is 0.336. The maximum Gasteiger partial charge on any atom is 0.322 e. The average Bonchev–Trinajstić information content (AvgIpc) is 2.48. The Morgan fingerprint density at radius 1 is 1.32 bits per heavy atom. The highest BCUT2D eigenvalue weighted by molar-refractivity contribution is 7.98. The van der Waals surface area contributed by atoms with E-state index in [1.807, 2.05) is 0 Å². The zero-order chi connectivity index (χ0) is 13.5. The van der Waals surface area contributed by atoms with E-state index in [2.05, 4.69) is 31.4 Å². The highest BCUT2D eigenvalue weighted by atomic mass is 32.2. The molecule has 1 N–H and O–H groups in total. The van der Waals surface area contributed by atoms with E-state index in [-0.39, 0.29) is 0 Å². The Morgan fingerprint density at radius 3 is 2.79 bits per heavy atom. The zero-order valence-corrected chi connectivity index (χ0v) is 12.1. The Labute approximate surface area is 117 Å². The molecule has 1 aliphatic heterocycles. The molecule has 1 aromatic heterocycles. The van der Waals surface area contributed by atoms with Crippen molar-refractivity contribution in [1.82, 2.24) is 15.0 Å². The lowest BCUT2D eigenvalue weighted by Crippen LogP contribution is -2.37. The number of anilines is 2. The number of aromatic nitrogens is 3. The molecule has 0 aliphatic carbocycles. The van der Waals surface area contributed by atoms with Gasteiger partial charge in [-0.3, -0.25) is 0 Å². The first kappa shape index (κ1) is 14.1. The van der Waals surface area contributed by atoms with E-state index < -0.39 is 0 Å². The number of nitrogens with zero attached hydrogens (tertiary/aromatic N) is 4. The number of rotatable bonds is 6. The van der Waals surface area contributed by atoms with Gasteiger partial charge in [-0.25, -0.2) is 0 Å². The molecule has 1 aromatic rings. The van der Waals surface area contributed by atoms with Gasteiger partial charge >= 0.3 is 6.01 Å². The number of methoxy groups -OCH3 is 1. The van der Waals surface area contributed by atoms with Gasteiger partial charge in [-0.05, 0) is 6.26 Å². The Bertz CT molecular complexity index is 401. The molecular weight excluding hydrogens is 266 g/mol. The fourth-order valence-electron chi connectivity index (χ4n) is 1.69. The minimum atomic E-state index is 0.336. The molecule has 106 valence electrons. The molecule has 1 saturated heterocycles. The Morgan fingerprint density at radius 2 is 2.11 bits per heavy atom. The van der Waals surface area contributed by atoms with Crippen LogP contribution in [0.25, 0.3) is 0 Å². The maximum absolute atomic E-state index is 5.32. The van der Waals surface area contributed by atoms with E-state index in [0.29, 0.717) is 31.1 Å². The summed E-state index contributed by atoms with van der Waals surface area (Å²) in [6, 6.07) is 0.336. The van der Waals surface area contributed by atoms with Crippen molar-refractivity contribution in [2.45, 2.75) is 0 Å². The molecule has 0 aromatic carbocycles. The second-order valence-corrected chi connectivity index (χ2v) is 4.95. The van der Waals surface area contributed by atoms with Gasteiger partial charge in [-0.1, -0.05) is 0 Å². The smallest absolute Gasteiger partial charge is 0.322 e. The first-order valence-electron chi connectivity index (χ1n) is 6.19. The third-order valence-corrected chi connectivity index (χ3v) is 3.28. The fraction of sp³-hybridized carbons (Fsp3) is 0.727. The minimum Gasteiger partial charge on any atom is -0.467 e. The van der Waals surface area contributed by atoms with Crippen LogP contribution >= 0.6 is 11.8 Å². The first-order valence-corrected chi connectivity index (χ1v) is 7.58. The van der Waals surface area contributed by atoms with Crippen molar-refractivity contribution in [3.63, 3.8) is 0 Å². The molecule has 8 heteroatoms. The lowest BCUT2D eigenvalue weighted by Gasteiger charge is -2.26. The number of hydrogen-bond donors (Lipinski definition) is 1. The number of hydrogen-bond acceptors (Lipinski definition) is 8. The summed E-state index contributed by atoms with van der Waals surface area (Å²) in [5.74, 6) is 2.20. The summed E-state index contributed by atoms with van der Waals surface area (Å²) in [5, 5.41) is 3.18. The SMILES string of the molecule is COc1nc(NCCSC)nc(N2CCOCC2)n1. The van der Waals surface area contributed by atoms with Gasteiger partial charge in [-0.2, -0.15) is 26.7 Å². The van der Waals surface area contributed by atoms with Crippen LogP contribution in [0, 0.1) is 0 Å². The van der Waals surface area contributed by atoms with Crippen LogP contribution in [0.1, 0.15) is 0 Å². The molecule has 1 fully saturated rings. The number of morpholine rings is 1. The van der Waals surface area contributed by atoms with Crippen LogP contribution in [0.3, 0.4) is 0 Å². The van der Waals surface area contributed by atoms with Gasteiger partial charge in [0.25, 0.3) is 0 Å². The molecule has 0 atom stereocenters. The normalized spacial score (nSPS) is 15.4. The van der Waals surface area contributed by atoms with E-state index in [0.717, 1.165) is 25.4 Å². The van der Waals surface area contributed by atoms with Crippen molar-refractivity contribution >= 4 is 23.7 Å². The number of ether oxygens (including phenoxy) is 2. The lowest BCUT2D eigenvalue weighted by atomic mass is 10.4. The first-order chi connectivity index (χ1) is 9.33. The van der Waals surface area contributed by atoms with Gasteiger partial charge in [-0.15, -0.1) is 0 Å². The van der Waals surface area contributed by atoms with E-state index in [1.54, 1.807) is 18.9 Å². The maximum atomic E-state index is 5.32. The van der Waals surface area contributed by atoms with Crippen LogP contribution in [0.2, 0.25) is 0 Å². The summed E-state index contributed by atoms with van der Waals surface area (Å²) in [5.41, 5.74) is 0. The summed E-state index contributed by atoms with van der Waals surface area (Å²) >= 11 is 1.77. The molecule has 2 rings (SSSR count). The second kappa shape index (κ2) is 7.34. The quantitative estimate of drug-likeness (QED) is 0.757. The molecule has 0 saturated carbocycles. The second-order valence-electron chi connectivity index (χ2n) is 3.96. The van der Waals surface area contributed by atoms with Gasteiger partial charge in [0, 0.05) is 25.4 Å². The van der Waals surface area contributed by atoms with Gasteiger partial charge < -0.3 is 19.7 Å². The molecule has 0 spiro atoms. The van der Waals surface area contributed by atoms with Crippen LogP contribution in [0.4, 0.5) is 11.9 Å². The van der Waals surface area contributed by atoms with Crippen molar-refractivity contribution < 1.29 is 9.47 Å². The predicted molar refractivity (Wildman–Crippen MR) is 76.3 cm³/mol. The summed E-state index contributed by atoms with van der Waals surface area (Å²) in [6.45, 7) is 3.79. The van der Waals surface area contributed by atoms with Crippen LogP contribution < -0.4 is 15.0 Å². The Hall–Kier alpha value is -1.28. The molecule has 2 heterocycles. The lowest BCUT2D eigenvalue weighted by molar-refractivity contribution is 0.122. The number of nitrogens with one attached hydrogen (secondary N) is 1. The number of thioether (sulfide) groups is 1. The monoisotopic (exact) mass is 285 g/mol. The van der Waals surface area contributed by atoms with Gasteiger partial charge in [0.1, 0.15) is 0 Å². The highest BCUT2D eigenvalue weighted by Gasteiger charge is 2.16. The van der Waals surface area contributed by atoms with Crippen molar-refractivity contribution in [2.24, 2.45) is 0 Å². The molecule has 7 nitrogen and oxygen atoms in total. The van der Waals surface area contributed by atoms with Crippen molar-refractivity contribution in [2.75, 3.05) is 62.2 Å². The molecule has 0 radical (unpaired) electrons. The largest absolute Gasteiger partial charge is 0.467 e. The molecule has 0 unspecified atom stereocenters. The van der Waals surface area contributed by atoms with Crippen LogP contribution in [-0.4, -0.2) is 66.9 Å². The van der Waals surface area contributed by atoms with E-state index in [9.17, 15) is 0 Å². The van der Waals surface area contributed by atoms with Crippen LogP contribution in [0.5, 0.6) is 6.01 Å². The summed E-state index contributed by atoms with van der Waals surface area (Å²) in [7, 11) is 1.56. The average molecular weight is 285 g/mol. The van der Waals surface area contributed by atoms with Crippen molar-refractivity contribution in [3.8, 4) is 6.01 Å². The Balaban J connectivity index is 2.10. The third kappa shape index (κ3) is 4.10. The van der Waals surface area contributed by atoms with Crippen LogP contribution in [-0.2, 0) is 4.74 Å². The molecule has 0 amide bonds. The fourth-order valence-corrected chi connectivity index (χ4v) is 1.99. The highest BCUT2D eigenvalue weighted by Crippen LogP contribution is 2.15. The zero-order valence-electron chi connectivity index (χ0n) is 11.3. The Kier molecular flexibility index (Phi) is 5.46. The van der Waals surface area contributed by atoms with Crippen molar-refractivity contribution in [1.29, 1.82) is 0 Å². The molecule has 19 heavy (non-hydrogen) atoms. The molecule has 0 bridgehead atoms. The van der Waals surface area contributed by atoms with E-state index in [1.165, 1.54) is 0 Å². The summed E-state index contributed by atoms with van der Waals surface area (Å²) in [6.07, 6.45) is 2.06. The van der Waals surface area contributed by atoms with Gasteiger partial charge in [0.05, 0.1) is 20.3 Å². The van der Waals surface area contributed by atoms with Crippen molar-refractivity contribution in [3.05, 3.63) is 0 Å². The molecular formula is C11H19N5O2S. The van der Waals surface area contributed by atoms with E-state index in [4.69, 9.17) is 9.47 Å². The summed E-state index contributed by atoms with van der Waals surface area (Å²) < 4.78 is 10.5. The predicted octanol–water partition coefficient (Wildman–Crippen LogP) is 0.492.